The molecule has 0 aliphatic rings. The Hall–Kier alpha value is -1.94. The normalized spacial score (nSPS) is 9.89. The smallest absolute Gasteiger partial charge is 0.306 e. The van der Waals surface area contributed by atoms with Gasteiger partial charge >= 0.3 is 6.03 Å². The quantitative estimate of drug-likeness (QED) is 0.792. The lowest BCUT2D eigenvalue weighted by Crippen LogP contribution is -2.31. The zero-order valence-corrected chi connectivity index (χ0v) is 10.9. The molecule has 0 heterocycles. The second kappa shape index (κ2) is 5.60. The molecule has 0 aliphatic heterocycles. The molecule has 0 aromatic heterocycles. The molecule has 0 saturated carbocycles. The minimum Gasteiger partial charge on any atom is -0.306 e. The van der Waals surface area contributed by atoms with Gasteiger partial charge in [0.15, 0.2) is 0 Å². The van der Waals surface area contributed by atoms with Gasteiger partial charge in [0.05, 0.1) is 5.69 Å². The lowest BCUT2D eigenvalue weighted by Gasteiger charge is -2.18. The van der Waals surface area contributed by atoms with Crippen molar-refractivity contribution < 1.29 is 4.79 Å². The van der Waals surface area contributed by atoms with Gasteiger partial charge in [0.2, 0.25) is 0 Å². The highest BCUT2D eigenvalue weighted by Crippen LogP contribution is 2.20. The monoisotopic (exact) mass is 258 g/mol. The first-order valence-electron chi connectivity index (χ1n) is 5.56. The van der Waals surface area contributed by atoms with Crippen molar-refractivity contribution in [2.75, 3.05) is 17.3 Å². The predicted molar refractivity (Wildman–Crippen MR) is 77.6 cm³/mol. The molecule has 4 heteroatoms. The molecule has 2 rings (SSSR count). The molecule has 92 valence electrons. The first-order valence-corrected chi connectivity index (χ1v) is 6.01. The van der Waals surface area contributed by atoms with Crippen LogP contribution >= 0.6 is 12.6 Å². The number of carbonyl (C=O) groups is 1. The van der Waals surface area contributed by atoms with E-state index in [0.717, 1.165) is 10.6 Å². The molecule has 0 unspecified atom stereocenters. The molecule has 0 bridgehead atoms. The van der Waals surface area contributed by atoms with Gasteiger partial charge < -0.3 is 5.32 Å². The average Bonchev–Trinajstić information content (AvgIpc) is 2.41. The fourth-order valence-electron chi connectivity index (χ4n) is 1.55. The third-order valence-corrected chi connectivity index (χ3v) is 2.98. The van der Waals surface area contributed by atoms with Crippen molar-refractivity contribution in [1.82, 2.24) is 0 Å². The second-order valence-corrected chi connectivity index (χ2v) is 4.32. The molecule has 2 aromatic rings. The van der Waals surface area contributed by atoms with Crippen molar-refractivity contribution in [3.63, 3.8) is 0 Å². The van der Waals surface area contributed by atoms with Crippen LogP contribution in [0.15, 0.2) is 59.5 Å². The van der Waals surface area contributed by atoms with Gasteiger partial charge in [-0.05, 0) is 24.3 Å². The lowest BCUT2D eigenvalue weighted by molar-refractivity contribution is 0.258. The van der Waals surface area contributed by atoms with Crippen molar-refractivity contribution in [3.05, 3.63) is 54.6 Å². The van der Waals surface area contributed by atoms with Crippen LogP contribution in [0.25, 0.3) is 0 Å². The summed E-state index contributed by atoms with van der Waals surface area (Å²) in [6.07, 6.45) is 0. The maximum Gasteiger partial charge on any atom is 0.326 e. The van der Waals surface area contributed by atoms with Crippen molar-refractivity contribution in [3.8, 4) is 0 Å². The van der Waals surface area contributed by atoms with Crippen LogP contribution in [0.5, 0.6) is 0 Å². The van der Waals surface area contributed by atoms with Crippen molar-refractivity contribution in [2.45, 2.75) is 4.90 Å². The lowest BCUT2D eigenvalue weighted by atomic mass is 10.3. The van der Waals surface area contributed by atoms with Gasteiger partial charge in [0, 0.05) is 17.6 Å². The van der Waals surface area contributed by atoms with E-state index in [1.165, 1.54) is 0 Å². The molecule has 0 saturated heterocycles. The number of nitrogens with one attached hydrogen (secondary N) is 1. The zero-order chi connectivity index (χ0) is 13.0. The van der Waals surface area contributed by atoms with Gasteiger partial charge in [-0.2, -0.15) is 0 Å². The summed E-state index contributed by atoms with van der Waals surface area (Å²) < 4.78 is 0. The molecule has 0 atom stereocenters. The van der Waals surface area contributed by atoms with Crippen molar-refractivity contribution in [1.29, 1.82) is 0 Å². The van der Waals surface area contributed by atoms with Crippen LogP contribution in [0.3, 0.4) is 0 Å². The maximum atomic E-state index is 12.0. The topological polar surface area (TPSA) is 32.3 Å². The molecule has 2 amide bonds. The number of carbonyl (C=O) groups excluding carboxylic acids is 1. The van der Waals surface area contributed by atoms with E-state index in [2.05, 4.69) is 17.9 Å². The van der Waals surface area contributed by atoms with Gasteiger partial charge in [-0.1, -0.05) is 30.3 Å². The Kier molecular flexibility index (Phi) is 3.89. The second-order valence-electron chi connectivity index (χ2n) is 3.84. The molecule has 0 fully saturated rings. The van der Waals surface area contributed by atoms with E-state index in [-0.39, 0.29) is 6.03 Å². The van der Waals surface area contributed by atoms with E-state index in [1.807, 2.05) is 54.6 Å². The van der Waals surface area contributed by atoms with Gasteiger partial charge in [-0.25, -0.2) is 4.79 Å². The molecule has 2 aromatic carbocycles. The van der Waals surface area contributed by atoms with E-state index in [9.17, 15) is 4.79 Å². The van der Waals surface area contributed by atoms with Gasteiger partial charge in [-0.15, -0.1) is 12.6 Å². The number of amides is 2. The van der Waals surface area contributed by atoms with Gasteiger partial charge in [-0.3, -0.25) is 4.90 Å². The fourth-order valence-corrected chi connectivity index (χ4v) is 1.76. The summed E-state index contributed by atoms with van der Waals surface area (Å²) in [6, 6.07) is 16.7. The third-order valence-electron chi connectivity index (χ3n) is 2.59. The van der Waals surface area contributed by atoms with Crippen molar-refractivity contribution in [2.24, 2.45) is 0 Å². The number of benzene rings is 2. The summed E-state index contributed by atoms with van der Waals surface area (Å²) in [7, 11) is 1.73. The van der Waals surface area contributed by atoms with E-state index in [0.29, 0.717) is 5.69 Å². The maximum absolute atomic E-state index is 12.0. The van der Waals surface area contributed by atoms with E-state index < -0.39 is 0 Å². The Morgan fingerprint density at radius 3 is 2.33 bits per heavy atom. The van der Waals surface area contributed by atoms with Crippen LogP contribution in [-0.2, 0) is 0 Å². The SMILES string of the molecule is CN(C(=O)Nc1ccccc1S)c1ccccc1. The van der Waals surface area contributed by atoms with Gasteiger partial charge in [0.25, 0.3) is 0 Å². The molecule has 3 nitrogen and oxygen atoms in total. The number of hydrogen-bond acceptors (Lipinski definition) is 2. The Balaban J connectivity index is 2.12. The van der Waals surface area contributed by atoms with Gasteiger partial charge in [0.1, 0.15) is 0 Å². The largest absolute Gasteiger partial charge is 0.326 e. The Morgan fingerprint density at radius 1 is 1.06 bits per heavy atom. The first-order chi connectivity index (χ1) is 8.68. The van der Waals surface area contributed by atoms with Crippen LogP contribution < -0.4 is 10.2 Å². The van der Waals surface area contributed by atoms with Crippen LogP contribution in [0.4, 0.5) is 16.2 Å². The Morgan fingerprint density at radius 2 is 1.67 bits per heavy atom. The number of thiol groups is 1. The molecular weight excluding hydrogens is 244 g/mol. The minimum atomic E-state index is -0.192. The predicted octanol–water partition coefficient (Wildman–Crippen LogP) is 3.64. The van der Waals surface area contributed by atoms with Crippen LogP contribution in [-0.4, -0.2) is 13.1 Å². The number of hydrogen-bond donors (Lipinski definition) is 2. The molecule has 18 heavy (non-hydrogen) atoms. The zero-order valence-electron chi connectivity index (χ0n) is 10.00. The molecule has 0 radical (unpaired) electrons. The molecular formula is C14H14N2OS. The fraction of sp³-hybridized carbons (Fsp3) is 0.0714. The minimum absolute atomic E-state index is 0.192. The third kappa shape index (κ3) is 2.84. The van der Waals surface area contributed by atoms with Crippen LogP contribution in [0.2, 0.25) is 0 Å². The number of anilines is 2. The molecule has 0 spiro atoms. The Labute approximate surface area is 112 Å². The highest BCUT2D eigenvalue weighted by Gasteiger charge is 2.11. The number of urea groups is 1. The number of nitrogens with zero attached hydrogens (tertiary/aromatic N) is 1. The van der Waals surface area contributed by atoms with E-state index in [1.54, 1.807) is 11.9 Å². The summed E-state index contributed by atoms with van der Waals surface area (Å²) in [5, 5.41) is 2.82. The summed E-state index contributed by atoms with van der Waals surface area (Å²) >= 11 is 4.30. The number of para-hydroxylation sites is 2. The highest BCUT2D eigenvalue weighted by molar-refractivity contribution is 7.80. The summed E-state index contributed by atoms with van der Waals surface area (Å²) in [5.41, 5.74) is 1.54. The first kappa shape index (κ1) is 12.5. The van der Waals surface area contributed by atoms with Crippen molar-refractivity contribution >= 4 is 30.0 Å². The van der Waals surface area contributed by atoms with E-state index >= 15 is 0 Å². The summed E-state index contributed by atoms with van der Waals surface area (Å²) in [6.45, 7) is 0. The average molecular weight is 258 g/mol. The summed E-state index contributed by atoms with van der Waals surface area (Å²) in [4.78, 5) is 14.3. The van der Waals surface area contributed by atoms with Crippen LogP contribution in [0.1, 0.15) is 0 Å². The molecule has 1 N–H and O–H groups in total. The molecule has 0 aliphatic carbocycles. The summed E-state index contributed by atoms with van der Waals surface area (Å²) in [5.74, 6) is 0. The van der Waals surface area contributed by atoms with E-state index in [4.69, 9.17) is 0 Å². The standard InChI is InChI=1S/C14H14N2OS/c1-16(11-7-3-2-4-8-11)14(17)15-12-9-5-6-10-13(12)18/h2-10,18H,1H3,(H,15,17). The van der Waals surface area contributed by atoms with Crippen LogP contribution in [0, 0.1) is 0 Å². The number of rotatable bonds is 2. The Bertz CT molecular complexity index is 543. The highest BCUT2D eigenvalue weighted by atomic mass is 32.1.